The van der Waals surface area contributed by atoms with Crippen LogP contribution >= 0.6 is 0 Å². The summed E-state index contributed by atoms with van der Waals surface area (Å²) in [7, 11) is 4.10. The number of benzene rings is 1. The van der Waals surface area contributed by atoms with Crippen LogP contribution in [0.1, 0.15) is 13.3 Å². The normalized spacial score (nSPS) is 23.9. The van der Waals surface area contributed by atoms with Crippen LogP contribution in [0.15, 0.2) is 24.3 Å². The van der Waals surface area contributed by atoms with E-state index < -0.39 is 6.36 Å². The minimum atomic E-state index is -4.64. The summed E-state index contributed by atoms with van der Waals surface area (Å²) in [5, 5.41) is 0. The number of piperidine rings is 1. The lowest BCUT2D eigenvalue weighted by Gasteiger charge is -2.41. The molecule has 1 saturated heterocycles. The Balaban J connectivity index is 2.04. The maximum atomic E-state index is 12.1. The van der Waals surface area contributed by atoms with Gasteiger partial charge in [-0.3, -0.25) is 0 Å². The third kappa shape index (κ3) is 4.27. The summed E-state index contributed by atoms with van der Waals surface area (Å²) in [5.41, 5.74) is 0.908. The Morgan fingerprint density at radius 1 is 1.24 bits per heavy atom. The van der Waals surface area contributed by atoms with E-state index in [0.29, 0.717) is 12.0 Å². The van der Waals surface area contributed by atoms with Crippen LogP contribution in [-0.4, -0.2) is 44.5 Å². The Labute approximate surface area is 123 Å². The minimum absolute atomic E-state index is 0.184. The van der Waals surface area contributed by atoms with Crippen LogP contribution in [0.4, 0.5) is 18.9 Å². The SMILES string of the molecule is C[C@H]1CN(C)CC[C@H]1N(C)c1ccc(OC(F)(F)F)cc1. The number of anilines is 1. The van der Waals surface area contributed by atoms with Gasteiger partial charge in [-0.25, -0.2) is 0 Å². The lowest BCUT2D eigenvalue weighted by Crippen LogP contribution is -2.47. The van der Waals surface area contributed by atoms with Gasteiger partial charge < -0.3 is 14.5 Å². The molecular weight excluding hydrogens is 281 g/mol. The maximum absolute atomic E-state index is 12.1. The first-order chi connectivity index (χ1) is 9.76. The van der Waals surface area contributed by atoms with Crippen LogP contribution in [0, 0.1) is 5.92 Å². The van der Waals surface area contributed by atoms with Crippen molar-refractivity contribution in [1.29, 1.82) is 0 Å². The Kier molecular flexibility index (Phi) is 4.66. The fraction of sp³-hybridized carbons (Fsp3) is 0.600. The number of likely N-dealkylation sites (tertiary alicyclic amines) is 1. The van der Waals surface area contributed by atoms with Crippen molar-refractivity contribution in [3.05, 3.63) is 24.3 Å². The highest BCUT2D eigenvalue weighted by molar-refractivity contribution is 5.49. The first kappa shape index (κ1) is 15.9. The maximum Gasteiger partial charge on any atom is 0.573 e. The molecule has 0 radical (unpaired) electrons. The molecule has 0 aromatic heterocycles. The largest absolute Gasteiger partial charge is 0.573 e. The average Bonchev–Trinajstić information content (AvgIpc) is 2.37. The van der Waals surface area contributed by atoms with E-state index in [2.05, 4.69) is 28.5 Å². The van der Waals surface area contributed by atoms with Crippen molar-refractivity contribution in [3.63, 3.8) is 0 Å². The molecule has 0 saturated carbocycles. The van der Waals surface area contributed by atoms with E-state index in [0.717, 1.165) is 25.2 Å². The summed E-state index contributed by atoms with van der Waals surface area (Å²) in [5.74, 6) is 0.330. The standard InChI is InChI=1S/C15H21F3N2O/c1-11-10-19(2)9-8-14(11)20(3)12-4-6-13(7-5-12)21-15(16,17)18/h4-7,11,14H,8-10H2,1-3H3/t11-,14+/m0/s1. The van der Waals surface area contributed by atoms with E-state index >= 15 is 0 Å². The Morgan fingerprint density at radius 3 is 2.38 bits per heavy atom. The van der Waals surface area contributed by atoms with Crippen molar-refractivity contribution in [2.24, 2.45) is 5.92 Å². The summed E-state index contributed by atoms with van der Waals surface area (Å²) >= 11 is 0. The highest BCUT2D eigenvalue weighted by Gasteiger charge is 2.31. The Hall–Kier alpha value is -1.43. The molecule has 0 spiro atoms. The van der Waals surface area contributed by atoms with Crippen LogP contribution < -0.4 is 9.64 Å². The number of alkyl halides is 3. The lowest BCUT2D eigenvalue weighted by molar-refractivity contribution is -0.274. The molecule has 1 aliphatic rings. The number of hydrogen-bond donors (Lipinski definition) is 0. The molecule has 0 N–H and O–H groups in total. The summed E-state index contributed by atoms with van der Waals surface area (Å²) in [6.45, 7) is 4.27. The number of rotatable bonds is 3. The molecule has 6 heteroatoms. The highest BCUT2D eigenvalue weighted by atomic mass is 19.4. The molecule has 3 nitrogen and oxygen atoms in total. The predicted molar refractivity (Wildman–Crippen MR) is 76.6 cm³/mol. The summed E-state index contributed by atoms with van der Waals surface area (Å²) in [6, 6.07) is 6.46. The molecule has 2 atom stereocenters. The van der Waals surface area contributed by atoms with Crippen molar-refractivity contribution in [3.8, 4) is 5.75 Å². The van der Waals surface area contributed by atoms with E-state index in [1.54, 1.807) is 12.1 Å². The van der Waals surface area contributed by atoms with Gasteiger partial charge >= 0.3 is 6.36 Å². The third-order valence-corrected chi connectivity index (χ3v) is 4.04. The van der Waals surface area contributed by atoms with Crippen molar-refractivity contribution in [2.75, 3.05) is 32.1 Å². The van der Waals surface area contributed by atoms with Crippen LogP contribution in [0.3, 0.4) is 0 Å². The second-order valence-corrected chi connectivity index (χ2v) is 5.75. The molecule has 1 aliphatic heterocycles. The van der Waals surface area contributed by atoms with Gasteiger partial charge in [-0.1, -0.05) is 6.92 Å². The van der Waals surface area contributed by atoms with Gasteiger partial charge in [0.15, 0.2) is 0 Å². The number of nitrogens with zero attached hydrogens (tertiary/aromatic N) is 2. The van der Waals surface area contributed by atoms with Gasteiger partial charge in [0.05, 0.1) is 0 Å². The van der Waals surface area contributed by atoms with Gasteiger partial charge in [0.1, 0.15) is 5.75 Å². The van der Waals surface area contributed by atoms with Gasteiger partial charge in [-0.05, 0) is 50.2 Å². The molecule has 0 unspecified atom stereocenters. The van der Waals surface area contributed by atoms with Gasteiger partial charge in [0.25, 0.3) is 0 Å². The van der Waals surface area contributed by atoms with Crippen LogP contribution in [0.5, 0.6) is 5.75 Å². The second-order valence-electron chi connectivity index (χ2n) is 5.75. The monoisotopic (exact) mass is 302 g/mol. The van der Waals surface area contributed by atoms with Crippen LogP contribution in [-0.2, 0) is 0 Å². The number of ether oxygens (including phenoxy) is 1. The van der Waals surface area contributed by atoms with Crippen molar-refractivity contribution < 1.29 is 17.9 Å². The molecule has 1 heterocycles. The highest BCUT2D eigenvalue weighted by Crippen LogP contribution is 2.28. The van der Waals surface area contributed by atoms with E-state index in [-0.39, 0.29) is 5.75 Å². The predicted octanol–water partition coefficient (Wildman–Crippen LogP) is 3.36. The van der Waals surface area contributed by atoms with Gasteiger partial charge in [-0.2, -0.15) is 0 Å². The van der Waals surface area contributed by atoms with Gasteiger partial charge in [-0.15, -0.1) is 13.2 Å². The topological polar surface area (TPSA) is 15.7 Å². The zero-order valence-electron chi connectivity index (χ0n) is 12.5. The summed E-state index contributed by atoms with van der Waals surface area (Å²) in [6.07, 6.45) is -3.59. The van der Waals surface area contributed by atoms with Crippen LogP contribution in [0.25, 0.3) is 0 Å². The molecule has 1 fully saturated rings. The Morgan fingerprint density at radius 2 is 1.86 bits per heavy atom. The quantitative estimate of drug-likeness (QED) is 0.851. The van der Waals surface area contributed by atoms with Crippen LogP contribution in [0.2, 0.25) is 0 Å². The molecular formula is C15H21F3N2O. The zero-order chi connectivity index (χ0) is 15.6. The van der Waals surface area contributed by atoms with E-state index in [9.17, 15) is 13.2 Å². The summed E-state index contributed by atoms with van der Waals surface area (Å²) < 4.78 is 40.3. The molecule has 1 aromatic carbocycles. The summed E-state index contributed by atoms with van der Waals surface area (Å²) in [4.78, 5) is 4.45. The number of halogens is 3. The van der Waals surface area contributed by atoms with Crippen molar-refractivity contribution >= 4 is 5.69 Å². The molecule has 0 aliphatic carbocycles. The first-order valence-electron chi connectivity index (χ1n) is 7.03. The molecule has 21 heavy (non-hydrogen) atoms. The van der Waals surface area contributed by atoms with E-state index in [1.807, 2.05) is 7.05 Å². The fourth-order valence-corrected chi connectivity index (χ4v) is 2.99. The molecule has 2 rings (SSSR count). The second kappa shape index (κ2) is 6.13. The fourth-order valence-electron chi connectivity index (χ4n) is 2.99. The van der Waals surface area contributed by atoms with Gasteiger partial charge in [0, 0.05) is 25.3 Å². The third-order valence-electron chi connectivity index (χ3n) is 4.04. The average molecular weight is 302 g/mol. The molecule has 0 amide bonds. The molecule has 1 aromatic rings. The Bertz CT molecular complexity index is 461. The first-order valence-corrected chi connectivity index (χ1v) is 7.03. The van der Waals surface area contributed by atoms with Gasteiger partial charge in [0.2, 0.25) is 0 Å². The number of hydrogen-bond acceptors (Lipinski definition) is 3. The van der Waals surface area contributed by atoms with E-state index in [4.69, 9.17) is 0 Å². The zero-order valence-corrected chi connectivity index (χ0v) is 12.5. The smallest absolute Gasteiger partial charge is 0.406 e. The molecule has 118 valence electrons. The minimum Gasteiger partial charge on any atom is -0.406 e. The lowest BCUT2D eigenvalue weighted by atomic mass is 9.92. The van der Waals surface area contributed by atoms with Crippen molar-refractivity contribution in [2.45, 2.75) is 25.7 Å². The van der Waals surface area contributed by atoms with E-state index in [1.165, 1.54) is 12.1 Å². The van der Waals surface area contributed by atoms with Crippen molar-refractivity contribution in [1.82, 2.24) is 4.90 Å². The molecule has 0 bridgehead atoms.